The molecule has 0 aliphatic carbocycles. The number of aliphatic carboxylic acids is 1. The summed E-state index contributed by atoms with van der Waals surface area (Å²) in [6.45, 7) is 2.77. The van der Waals surface area contributed by atoms with Crippen LogP contribution in [0.5, 0.6) is 0 Å². The molecular formula is C28H29ClN2O2S2. The Balaban J connectivity index is 1.76. The van der Waals surface area contributed by atoms with Gasteiger partial charge in [-0.15, -0.1) is 22.7 Å². The highest BCUT2D eigenvalue weighted by Gasteiger charge is 2.25. The third-order valence-electron chi connectivity index (χ3n) is 6.03. The van der Waals surface area contributed by atoms with E-state index in [1.165, 1.54) is 0 Å². The molecule has 1 N–H and O–H groups in total. The molecule has 0 fully saturated rings. The number of aryl methyl sites for hydroxylation is 1. The van der Waals surface area contributed by atoms with Gasteiger partial charge >= 0.3 is 5.97 Å². The normalized spacial score (nSPS) is 12.7. The zero-order valence-corrected chi connectivity index (χ0v) is 22.1. The van der Waals surface area contributed by atoms with Gasteiger partial charge in [-0.2, -0.15) is 0 Å². The maximum absolute atomic E-state index is 12.5. The summed E-state index contributed by atoms with van der Waals surface area (Å²) in [6, 6.07) is 15.9. The van der Waals surface area contributed by atoms with Gasteiger partial charge in [0.15, 0.2) is 0 Å². The summed E-state index contributed by atoms with van der Waals surface area (Å²) < 4.78 is 2.19. The maximum atomic E-state index is 12.5. The highest BCUT2D eigenvalue weighted by molar-refractivity contribution is 7.10. The van der Waals surface area contributed by atoms with E-state index in [1.54, 1.807) is 22.7 Å². The smallest absolute Gasteiger partial charge is 0.311 e. The van der Waals surface area contributed by atoms with Crippen molar-refractivity contribution in [2.75, 3.05) is 0 Å². The minimum atomic E-state index is -0.801. The van der Waals surface area contributed by atoms with Crippen LogP contribution in [0.4, 0.5) is 0 Å². The first-order valence-corrected chi connectivity index (χ1v) is 13.9. The quantitative estimate of drug-likeness (QED) is 0.207. The van der Waals surface area contributed by atoms with Crippen LogP contribution in [-0.2, 0) is 30.6 Å². The van der Waals surface area contributed by atoms with E-state index in [2.05, 4.69) is 17.6 Å². The van der Waals surface area contributed by atoms with Crippen LogP contribution in [0.25, 0.3) is 6.08 Å². The van der Waals surface area contributed by atoms with Crippen LogP contribution >= 0.6 is 34.3 Å². The Morgan fingerprint density at radius 2 is 1.86 bits per heavy atom. The fraction of sp³-hybridized carbons (Fsp3) is 0.286. The molecule has 3 heterocycles. The molecule has 0 aliphatic heterocycles. The van der Waals surface area contributed by atoms with E-state index in [9.17, 15) is 9.90 Å². The Hall–Kier alpha value is -2.67. The lowest BCUT2D eigenvalue weighted by atomic mass is 9.91. The zero-order chi connectivity index (χ0) is 24.6. The second-order valence-electron chi connectivity index (χ2n) is 8.53. The van der Waals surface area contributed by atoms with Crippen molar-refractivity contribution in [1.29, 1.82) is 0 Å². The first-order chi connectivity index (χ1) is 17.0. The van der Waals surface area contributed by atoms with Gasteiger partial charge in [0.25, 0.3) is 0 Å². The Labute approximate surface area is 219 Å². The molecule has 35 heavy (non-hydrogen) atoms. The van der Waals surface area contributed by atoms with Crippen LogP contribution in [0.3, 0.4) is 0 Å². The molecule has 182 valence electrons. The van der Waals surface area contributed by atoms with Crippen LogP contribution in [-0.4, -0.2) is 20.6 Å². The van der Waals surface area contributed by atoms with Crippen molar-refractivity contribution < 1.29 is 9.90 Å². The lowest BCUT2D eigenvalue weighted by Crippen LogP contribution is -2.20. The van der Waals surface area contributed by atoms with Crippen molar-refractivity contribution >= 4 is 46.3 Å². The summed E-state index contributed by atoms with van der Waals surface area (Å²) in [5.74, 6) is -0.415. The zero-order valence-electron chi connectivity index (χ0n) is 19.7. The highest BCUT2D eigenvalue weighted by Crippen LogP contribution is 2.28. The molecule has 0 aliphatic rings. The molecular weight excluding hydrogens is 496 g/mol. The van der Waals surface area contributed by atoms with Crippen molar-refractivity contribution in [2.24, 2.45) is 5.92 Å². The number of imidazole rings is 1. The standard InChI is InChI=1S/C28H29ClN2O2S2/c1-2-3-12-27-30-18-22(31(27)19-20-8-4-5-11-26(20)29)15-21(16-23-9-6-13-34-23)25(28(32)33)17-24-10-7-14-35-24/h4-11,13-15,18,25H,2-3,12,16-17,19H2,1H3,(H,32,33)/b21-15+. The van der Waals surface area contributed by atoms with Crippen molar-refractivity contribution in [2.45, 2.75) is 45.6 Å². The van der Waals surface area contributed by atoms with Crippen molar-refractivity contribution in [3.8, 4) is 0 Å². The number of hydrogen-bond donors (Lipinski definition) is 1. The van der Waals surface area contributed by atoms with E-state index >= 15 is 0 Å². The van der Waals surface area contributed by atoms with Gasteiger partial charge in [-0.05, 0) is 59.0 Å². The monoisotopic (exact) mass is 524 g/mol. The molecule has 0 spiro atoms. The molecule has 4 aromatic rings. The van der Waals surface area contributed by atoms with Crippen molar-refractivity contribution in [3.05, 3.63) is 103 Å². The molecule has 7 heteroatoms. The molecule has 4 rings (SSSR count). The number of carboxylic acids is 1. The molecule has 1 atom stereocenters. The second-order valence-corrected chi connectivity index (χ2v) is 11.0. The molecule has 1 aromatic carbocycles. The van der Waals surface area contributed by atoms with Crippen LogP contribution in [0.2, 0.25) is 5.02 Å². The molecule has 0 saturated heterocycles. The number of carbonyl (C=O) groups is 1. The molecule has 0 amide bonds. The number of carboxylic acid groups (broad SMARTS) is 1. The fourth-order valence-electron chi connectivity index (χ4n) is 4.14. The van der Waals surface area contributed by atoms with E-state index in [1.807, 2.05) is 65.5 Å². The Morgan fingerprint density at radius 3 is 2.51 bits per heavy atom. The van der Waals surface area contributed by atoms with Crippen LogP contribution in [0, 0.1) is 5.92 Å². The molecule has 0 radical (unpaired) electrons. The van der Waals surface area contributed by atoms with Gasteiger partial charge in [0.1, 0.15) is 5.82 Å². The molecule has 0 saturated carbocycles. The SMILES string of the molecule is CCCCc1ncc(/C=C(\Cc2cccs2)C(Cc2cccs2)C(=O)O)n1Cc1ccccc1Cl. The van der Waals surface area contributed by atoms with Crippen molar-refractivity contribution in [3.63, 3.8) is 0 Å². The first kappa shape index (κ1) is 25.4. The number of aromatic nitrogens is 2. The summed E-state index contributed by atoms with van der Waals surface area (Å²) in [7, 11) is 0. The summed E-state index contributed by atoms with van der Waals surface area (Å²) in [4.78, 5) is 19.4. The number of thiophene rings is 2. The number of halogens is 1. The largest absolute Gasteiger partial charge is 0.481 e. The Morgan fingerprint density at radius 1 is 1.11 bits per heavy atom. The number of rotatable bonds is 12. The van der Waals surface area contributed by atoms with Gasteiger partial charge in [0, 0.05) is 27.6 Å². The molecule has 3 aromatic heterocycles. The minimum Gasteiger partial charge on any atom is -0.481 e. The van der Waals surface area contributed by atoms with Crippen LogP contribution in [0.1, 0.15) is 46.6 Å². The second kappa shape index (κ2) is 12.3. The van der Waals surface area contributed by atoms with E-state index in [4.69, 9.17) is 16.6 Å². The number of benzene rings is 1. The maximum Gasteiger partial charge on any atom is 0.311 e. The lowest BCUT2D eigenvalue weighted by molar-refractivity contribution is -0.140. The van der Waals surface area contributed by atoms with Gasteiger partial charge in [-0.25, -0.2) is 4.98 Å². The van der Waals surface area contributed by atoms with Crippen molar-refractivity contribution in [1.82, 2.24) is 9.55 Å². The molecule has 0 bridgehead atoms. The number of hydrogen-bond acceptors (Lipinski definition) is 4. The number of unbranched alkanes of at least 4 members (excludes halogenated alkanes) is 1. The Kier molecular flexibility index (Phi) is 8.96. The lowest BCUT2D eigenvalue weighted by Gasteiger charge is -2.17. The van der Waals surface area contributed by atoms with E-state index < -0.39 is 11.9 Å². The number of nitrogens with zero attached hydrogens (tertiary/aromatic N) is 2. The molecule has 4 nitrogen and oxygen atoms in total. The first-order valence-electron chi connectivity index (χ1n) is 11.8. The fourth-order valence-corrected chi connectivity index (χ4v) is 5.83. The van der Waals surface area contributed by atoms with Gasteiger partial charge in [0.05, 0.1) is 24.4 Å². The third-order valence-corrected chi connectivity index (χ3v) is 8.18. The summed E-state index contributed by atoms with van der Waals surface area (Å²) in [5.41, 5.74) is 2.82. The predicted molar refractivity (Wildman–Crippen MR) is 147 cm³/mol. The third kappa shape index (κ3) is 6.72. The summed E-state index contributed by atoms with van der Waals surface area (Å²) in [5, 5.41) is 15.0. The Bertz CT molecular complexity index is 1260. The van der Waals surface area contributed by atoms with Crippen LogP contribution in [0.15, 0.2) is 71.1 Å². The van der Waals surface area contributed by atoms with Gasteiger partial charge in [-0.1, -0.05) is 55.3 Å². The van der Waals surface area contributed by atoms with E-state index in [-0.39, 0.29) is 0 Å². The molecule has 1 unspecified atom stereocenters. The van der Waals surface area contributed by atoms with Crippen LogP contribution < -0.4 is 0 Å². The van der Waals surface area contributed by atoms with E-state index in [0.29, 0.717) is 19.4 Å². The minimum absolute atomic E-state index is 0.478. The summed E-state index contributed by atoms with van der Waals surface area (Å²) >= 11 is 9.75. The topological polar surface area (TPSA) is 55.1 Å². The predicted octanol–water partition coefficient (Wildman–Crippen LogP) is 7.62. The average molecular weight is 525 g/mol. The van der Waals surface area contributed by atoms with E-state index in [0.717, 1.165) is 56.7 Å². The van der Waals surface area contributed by atoms with Gasteiger partial charge in [-0.3, -0.25) is 4.79 Å². The van der Waals surface area contributed by atoms with Gasteiger partial charge < -0.3 is 9.67 Å². The summed E-state index contributed by atoms with van der Waals surface area (Å²) in [6.07, 6.45) is 7.99. The van der Waals surface area contributed by atoms with Gasteiger partial charge in [0.2, 0.25) is 0 Å². The highest BCUT2D eigenvalue weighted by atomic mass is 35.5. The average Bonchev–Trinajstić information content (AvgIpc) is 3.61.